The average molecular weight is 625 g/mol. The molecule has 0 spiro atoms. The van der Waals surface area contributed by atoms with Gasteiger partial charge in [-0.3, -0.25) is 9.69 Å². The maximum Gasteiger partial charge on any atom is 0.410 e. The lowest BCUT2D eigenvalue weighted by Crippen LogP contribution is -2.50. The first-order valence-electron chi connectivity index (χ1n) is 15.6. The van der Waals surface area contributed by atoms with Gasteiger partial charge in [-0.15, -0.1) is 5.10 Å². The number of aromatic nitrogens is 4. The number of piperazine rings is 1. The zero-order chi connectivity index (χ0) is 32.4. The SMILES string of the molecule is COc1ccc2c(c1)CCc1cnc(-n3cc(C(=O)Nc4ccc(CCN5CCN(C(=O)OC(C)(C)C)CC5)cc4)c(N)n3)nc1-2. The molecule has 1 aliphatic carbocycles. The highest BCUT2D eigenvalue weighted by molar-refractivity contribution is 6.07. The van der Waals surface area contributed by atoms with E-state index in [1.165, 1.54) is 10.2 Å². The molecule has 2 aromatic carbocycles. The topological polar surface area (TPSA) is 141 Å². The van der Waals surface area contributed by atoms with Crippen LogP contribution < -0.4 is 15.8 Å². The molecule has 2 amide bonds. The largest absolute Gasteiger partial charge is 0.497 e. The lowest BCUT2D eigenvalue weighted by Gasteiger charge is -2.35. The van der Waals surface area contributed by atoms with Crippen molar-refractivity contribution < 1.29 is 19.1 Å². The van der Waals surface area contributed by atoms with Crippen molar-refractivity contribution in [3.05, 3.63) is 77.1 Å². The smallest absolute Gasteiger partial charge is 0.410 e. The Morgan fingerprint density at radius 2 is 1.74 bits per heavy atom. The van der Waals surface area contributed by atoms with E-state index in [1.807, 2.05) is 69.4 Å². The summed E-state index contributed by atoms with van der Waals surface area (Å²) < 4.78 is 12.3. The van der Waals surface area contributed by atoms with Gasteiger partial charge in [0.15, 0.2) is 5.82 Å². The summed E-state index contributed by atoms with van der Waals surface area (Å²) in [5, 5.41) is 7.26. The lowest BCUT2D eigenvalue weighted by atomic mass is 9.90. The molecule has 0 bridgehead atoms. The molecule has 3 N–H and O–H groups in total. The molecule has 6 rings (SSSR count). The minimum Gasteiger partial charge on any atom is -0.497 e. The minimum absolute atomic E-state index is 0.0901. The Hall–Kier alpha value is -4.97. The molecule has 0 saturated carbocycles. The molecule has 3 heterocycles. The molecule has 1 aliphatic heterocycles. The van der Waals surface area contributed by atoms with Crippen molar-refractivity contribution in [1.29, 1.82) is 0 Å². The van der Waals surface area contributed by atoms with Crippen LogP contribution in [0.4, 0.5) is 16.3 Å². The van der Waals surface area contributed by atoms with E-state index in [1.54, 1.807) is 18.2 Å². The molecule has 1 fully saturated rings. The third-order valence-electron chi connectivity index (χ3n) is 8.23. The Balaban J connectivity index is 1.04. The molecular weight excluding hydrogens is 584 g/mol. The third kappa shape index (κ3) is 6.96. The van der Waals surface area contributed by atoms with Crippen molar-refractivity contribution in [2.24, 2.45) is 0 Å². The van der Waals surface area contributed by atoms with Gasteiger partial charge in [0, 0.05) is 56.4 Å². The number of rotatable bonds is 7. The number of fused-ring (bicyclic) bond motifs is 3. The van der Waals surface area contributed by atoms with Crippen LogP contribution in [0.1, 0.15) is 47.8 Å². The number of hydrogen-bond acceptors (Lipinski definition) is 9. The van der Waals surface area contributed by atoms with Gasteiger partial charge in [0.05, 0.1) is 12.8 Å². The summed E-state index contributed by atoms with van der Waals surface area (Å²) in [6, 6.07) is 13.8. The average Bonchev–Trinajstić information content (AvgIpc) is 3.44. The number of amides is 2. The highest BCUT2D eigenvalue weighted by atomic mass is 16.6. The Bertz CT molecular complexity index is 1740. The second-order valence-corrected chi connectivity index (χ2v) is 12.6. The summed E-state index contributed by atoms with van der Waals surface area (Å²) >= 11 is 0. The van der Waals surface area contributed by atoms with E-state index in [4.69, 9.17) is 20.2 Å². The zero-order valence-electron chi connectivity index (χ0n) is 26.7. The number of aryl methyl sites for hydroxylation is 2. The van der Waals surface area contributed by atoms with Gasteiger partial charge in [-0.1, -0.05) is 12.1 Å². The molecule has 12 nitrogen and oxygen atoms in total. The Morgan fingerprint density at radius 3 is 2.46 bits per heavy atom. The minimum atomic E-state index is -0.491. The highest BCUT2D eigenvalue weighted by Gasteiger charge is 2.26. The number of anilines is 2. The number of carbonyl (C=O) groups excluding carboxylic acids is 2. The van der Waals surface area contributed by atoms with Crippen LogP contribution in [-0.4, -0.2) is 87.0 Å². The lowest BCUT2D eigenvalue weighted by molar-refractivity contribution is 0.0146. The number of methoxy groups -OCH3 is 1. The molecule has 0 radical (unpaired) electrons. The number of nitrogen functional groups attached to an aromatic ring is 1. The van der Waals surface area contributed by atoms with Gasteiger partial charge in [-0.25, -0.2) is 19.4 Å². The van der Waals surface area contributed by atoms with Crippen LogP contribution in [-0.2, 0) is 24.0 Å². The number of nitrogens with one attached hydrogen (secondary N) is 1. The van der Waals surface area contributed by atoms with Gasteiger partial charge in [0.2, 0.25) is 0 Å². The predicted octanol–water partition coefficient (Wildman–Crippen LogP) is 4.37. The summed E-state index contributed by atoms with van der Waals surface area (Å²) in [6.45, 7) is 9.45. The van der Waals surface area contributed by atoms with E-state index >= 15 is 0 Å². The fourth-order valence-electron chi connectivity index (χ4n) is 5.71. The first-order valence-corrected chi connectivity index (χ1v) is 15.6. The van der Waals surface area contributed by atoms with Crippen molar-refractivity contribution >= 4 is 23.5 Å². The number of nitrogens with zero attached hydrogens (tertiary/aromatic N) is 6. The maximum atomic E-state index is 13.2. The second-order valence-electron chi connectivity index (χ2n) is 12.6. The summed E-state index contributed by atoms with van der Waals surface area (Å²) in [5.74, 6) is 0.875. The fraction of sp³-hybridized carbons (Fsp3) is 0.382. The van der Waals surface area contributed by atoms with Gasteiger partial charge < -0.3 is 25.4 Å². The summed E-state index contributed by atoms with van der Waals surface area (Å²) in [4.78, 5) is 38.9. The van der Waals surface area contributed by atoms with Crippen LogP contribution in [0.5, 0.6) is 5.75 Å². The van der Waals surface area contributed by atoms with E-state index in [9.17, 15) is 9.59 Å². The molecule has 0 atom stereocenters. The molecule has 4 aromatic rings. The number of carbonyl (C=O) groups is 2. The molecule has 2 aromatic heterocycles. The van der Waals surface area contributed by atoms with E-state index in [2.05, 4.69) is 20.3 Å². The van der Waals surface area contributed by atoms with E-state index in [-0.39, 0.29) is 23.4 Å². The Labute approximate surface area is 268 Å². The molecule has 240 valence electrons. The number of nitrogens with two attached hydrogens (primary N) is 1. The van der Waals surface area contributed by atoms with Crippen LogP contribution in [0.3, 0.4) is 0 Å². The van der Waals surface area contributed by atoms with Crippen LogP contribution in [0, 0.1) is 0 Å². The van der Waals surface area contributed by atoms with Crippen LogP contribution in [0.15, 0.2) is 54.9 Å². The van der Waals surface area contributed by atoms with E-state index in [0.717, 1.165) is 67.0 Å². The standard InChI is InChI=1S/C34H40N8O4/c1-34(2,3)46-33(44)41-17-15-40(16-18-41)14-13-22-5-9-25(10-6-22)37-31(43)28-21-42(39-30(28)35)32-36-20-24-8-7-23-19-26(45-4)11-12-27(23)29(24)38-32/h5-6,9-12,19-21H,7-8,13-18H2,1-4H3,(H2,35,39)(H,37,43). The van der Waals surface area contributed by atoms with Crippen LogP contribution in [0.25, 0.3) is 17.2 Å². The van der Waals surface area contributed by atoms with Crippen molar-refractivity contribution in [1.82, 2.24) is 29.5 Å². The van der Waals surface area contributed by atoms with Crippen molar-refractivity contribution in [3.63, 3.8) is 0 Å². The first-order chi connectivity index (χ1) is 22.1. The number of benzene rings is 2. The summed E-state index contributed by atoms with van der Waals surface area (Å²) in [7, 11) is 1.66. The second kappa shape index (κ2) is 12.8. The summed E-state index contributed by atoms with van der Waals surface area (Å²) in [6.07, 6.45) is 5.69. The van der Waals surface area contributed by atoms with Crippen LogP contribution in [0.2, 0.25) is 0 Å². The Kier molecular flexibility index (Phi) is 8.63. The fourth-order valence-corrected chi connectivity index (χ4v) is 5.71. The van der Waals surface area contributed by atoms with Crippen molar-refractivity contribution in [3.8, 4) is 23.0 Å². The normalized spacial score (nSPS) is 14.7. The van der Waals surface area contributed by atoms with Gasteiger partial charge in [0.1, 0.15) is 16.9 Å². The van der Waals surface area contributed by atoms with Crippen molar-refractivity contribution in [2.75, 3.05) is 50.9 Å². The van der Waals surface area contributed by atoms with Gasteiger partial charge in [-0.2, -0.15) is 0 Å². The van der Waals surface area contributed by atoms with Gasteiger partial charge >= 0.3 is 6.09 Å². The molecule has 0 unspecified atom stereocenters. The molecule has 1 saturated heterocycles. The maximum absolute atomic E-state index is 13.2. The van der Waals surface area contributed by atoms with Gasteiger partial charge in [-0.05, 0) is 87.1 Å². The van der Waals surface area contributed by atoms with E-state index < -0.39 is 5.60 Å². The van der Waals surface area contributed by atoms with E-state index in [0.29, 0.717) is 24.7 Å². The molecule has 2 aliphatic rings. The Morgan fingerprint density at radius 1 is 1.00 bits per heavy atom. The predicted molar refractivity (Wildman–Crippen MR) is 175 cm³/mol. The summed E-state index contributed by atoms with van der Waals surface area (Å²) in [5.41, 5.74) is 11.8. The number of hydrogen-bond donors (Lipinski definition) is 2. The van der Waals surface area contributed by atoms with Crippen LogP contribution >= 0.6 is 0 Å². The highest BCUT2D eigenvalue weighted by Crippen LogP contribution is 2.34. The monoisotopic (exact) mass is 624 g/mol. The third-order valence-corrected chi connectivity index (χ3v) is 8.23. The first kappa shape index (κ1) is 31.0. The quantitative estimate of drug-likeness (QED) is 0.307. The molecule has 46 heavy (non-hydrogen) atoms. The molecule has 12 heteroatoms. The van der Waals surface area contributed by atoms with Crippen molar-refractivity contribution in [2.45, 2.75) is 45.6 Å². The zero-order valence-corrected chi connectivity index (χ0v) is 26.7. The molecular formula is C34H40N8O4. The van der Waals surface area contributed by atoms with Gasteiger partial charge in [0.25, 0.3) is 11.9 Å². The number of ether oxygens (including phenoxy) is 2.